The van der Waals surface area contributed by atoms with Gasteiger partial charge in [0.1, 0.15) is 0 Å². The van der Waals surface area contributed by atoms with Gasteiger partial charge in [0.15, 0.2) is 11.9 Å². The predicted octanol–water partition coefficient (Wildman–Crippen LogP) is 1.65. The summed E-state index contributed by atoms with van der Waals surface area (Å²) in [6.45, 7) is 2.92. The van der Waals surface area contributed by atoms with Gasteiger partial charge in [-0.3, -0.25) is 4.79 Å². The zero-order valence-corrected chi connectivity index (χ0v) is 12.6. The highest BCUT2D eigenvalue weighted by molar-refractivity contribution is 5.93. The van der Waals surface area contributed by atoms with Crippen molar-refractivity contribution in [3.05, 3.63) is 11.7 Å². The summed E-state index contributed by atoms with van der Waals surface area (Å²) in [6, 6.07) is 0. The van der Waals surface area contributed by atoms with Gasteiger partial charge in [0.05, 0.1) is 12.6 Å². The Morgan fingerprint density at radius 3 is 2.82 bits per heavy atom. The van der Waals surface area contributed by atoms with Crippen molar-refractivity contribution in [2.45, 2.75) is 50.7 Å². The van der Waals surface area contributed by atoms with Crippen molar-refractivity contribution < 1.29 is 14.1 Å². The maximum Gasteiger partial charge on any atom is 0.298 e. The van der Waals surface area contributed by atoms with Gasteiger partial charge in [0.25, 0.3) is 11.8 Å². The molecule has 0 spiro atoms. The van der Waals surface area contributed by atoms with Crippen LogP contribution in [-0.4, -0.2) is 40.1 Å². The lowest BCUT2D eigenvalue weighted by Crippen LogP contribution is -2.45. The smallest absolute Gasteiger partial charge is 0.298 e. The minimum atomic E-state index is -0.351. The van der Waals surface area contributed by atoms with Gasteiger partial charge >= 0.3 is 0 Å². The fraction of sp³-hybridized carbons (Fsp3) is 0.688. The van der Waals surface area contributed by atoms with Gasteiger partial charge in [-0.2, -0.15) is 4.98 Å². The molecule has 0 N–H and O–H groups in total. The first-order valence-corrected chi connectivity index (χ1v) is 7.98. The number of amides is 1. The number of nitrogens with zero attached hydrogens (tertiary/aromatic N) is 3. The van der Waals surface area contributed by atoms with E-state index >= 15 is 0 Å². The Hall–Kier alpha value is -1.87. The normalized spacial score (nSPS) is 28.1. The maximum absolute atomic E-state index is 12.2. The summed E-state index contributed by atoms with van der Waals surface area (Å²) in [5.41, 5.74) is 0. The fourth-order valence-corrected chi connectivity index (χ4v) is 2.61. The second-order valence-corrected chi connectivity index (χ2v) is 6.45. The van der Waals surface area contributed by atoms with Crippen LogP contribution in [-0.2, 0) is 9.53 Å². The molecule has 2 saturated carbocycles. The summed E-state index contributed by atoms with van der Waals surface area (Å²) < 4.78 is 11.2. The van der Waals surface area contributed by atoms with Gasteiger partial charge in [0.2, 0.25) is 0 Å². The molecule has 4 rings (SSSR count). The Labute approximate surface area is 129 Å². The number of aromatic nitrogens is 2. The van der Waals surface area contributed by atoms with Crippen LogP contribution in [0.2, 0.25) is 0 Å². The Kier molecular flexibility index (Phi) is 3.38. The standard InChI is InChI=1S/C16H19N3O3/c1-10-8-19(14(20)7-4-11-2-3-11)9-13(21-10)16-17-15(18-22-16)12-5-6-12/h10-13H,2-3,5-6,8-9H2,1H3/t10-,13-/m1/s1. The van der Waals surface area contributed by atoms with E-state index in [0.717, 1.165) is 31.5 Å². The number of hydrogen-bond donors (Lipinski definition) is 0. The number of morpholine rings is 1. The molecule has 0 radical (unpaired) electrons. The zero-order chi connectivity index (χ0) is 15.1. The Morgan fingerprint density at radius 1 is 1.27 bits per heavy atom. The first kappa shape index (κ1) is 13.8. The Morgan fingerprint density at radius 2 is 2.09 bits per heavy atom. The van der Waals surface area contributed by atoms with Gasteiger partial charge in [-0.05, 0) is 38.5 Å². The number of hydrogen-bond acceptors (Lipinski definition) is 5. The van der Waals surface area contributed by atoms with E-state index in [2.05, 4.69) is 22.0 Å². The molecule has 6 nitrogen and oxygen atoms in total. The minimum absolute atomic E-state index is 0.0679. The molecule has 1 aliphatic heterocycles. The van der Waals surface area contributed by atoms with Crippen molar-refractivity contribution in [3.8, 4) is 11.8 Å². The largest absolute Gasteiger partial charge is 0.362 e. The molecular formula is C16H19N3O3. The molecule has 1 amide bonds. The Bertz CT molecular complexity index is 637. The lowest BCUT2D eigenvalue weighted by atomic mass is 10.2. The molecule has 3 aliphatic rings. The summed E-state index contributed by atoms with van der Waals surface area (Å²) in [7, 11) is 0. The molecule has 0 aromatic carbocycles. The highest BCUT2D eigenvalue weighted by atomic mass is 16.5. The van der Waals surface area contributed by atoms with E-state index in [9.17, 15) is 4.79 Å². The second kappa shape index (κ2) is 5.40. The molecule has 1 aromatic heterocycles. The lowest BCUT2D eigenvalue weighted by Gasteiger charge is -2.34. The van der Waals surface area contributed by atoms with Gasteiger partial charge in [0, 0.05) is 18.4 Å². The van der Waals surface area contributed by atoms with E-state index in [4.69, 9.17) is 9.26 Å². The predicted molar refractivity (Wildman–Crippen MR) is 76.6 cm³/mol. The molecule has 6 heteroatoms. The minimum Gasteiger partial charge on any atom is -0.362 e. The summed E-state index contributed by atoms with van der Waals surface area (Å²) in [5, 5.41) is 4.02. The summed E-state index contributed by atoms with van der Waals surface area (Å²) in [6.07, 6.45) is 4.07. The van der Waals surface area contributed by atoms with Gasteiger partial charge in [-0.25, -0.2) is 0 Å². The molecule has 116 valence electrons. The molecule has 22 heavy (non-hydrogen) atoms. The van der Waals surface area contributed by atoms with Crippen LogP contribution >= 0.6 is 0 Å². The summed E-state index contributed by atoms with van der Waals surface area (Å²) >= 11 is 0. The van der Waals surface area contributed by atoms with Crippen LogP contribution in [0.5, 0.6) is 0 Å². The monoisotopic (exact) mass is 301 g/mol. The van der Waals surface area contributed by atoms with Crippen LogP contribution in [0.15, 0.2) is 4.52 Å². The highest BCUT2D eigenvalue weighted by Crippen LogP contribution is 2.39. The summed E-state index contributed by atoms with van der Waals surface area (Å²) in [4.78, 5) is 18.4. The van der Waals surface area contributed by atoms with Crippen LogP contribution in [0, 0.1) is 17.8 Å². The van der Waals surface area contributed by atoms with Crippen LogP contribution in [0.4, 0.5) is 0 Å². The molecule has 0 bridgehead atoms. The highest BCUT2D eigenvalue weighted by Gasteiger charge is 2.35. The maximum atomic E-state index is 12.2. The molecule has 2 aliphatic carbocycles. The number of carbonyl (C=O) groups excluding carboxylic acids is 1. The van der Waals surface area contributed by atoms with Crippen LogP contribution < -0.4 is 0 Å². The first-order valence-electron chi connectivity index (χ1n) is 7.98. The SMILES string of the molecule is C[C@@H]1CN(C(=O)C#CC2CC2)C[C@H](c2nc(C3CC3)no2)O1. The van der Waals surface area contributed by atoms with E-state index in [-0.39, 0.29) is 18.1 Å². The van der Waals surface area contributed by atoms with E-state index in [0.29, 0.717) is 30.8 Å². The third-order valence-electron chi connectivity index (χ3n) is 4.18. The van der Waals surface area contributed by atoms with Gasteiger partial charge < -0.3 is 14.2 Å². The molecular weight excluding hydrogens is 282 g/mol. The number of carbonyl (C=O) groups is 1. The lowest BCUT2D eigenvalue weighted by molar-refractivity contribution is -0.140. The third-order valence-corrected chi connectivity index (χ3v) is 4.18. The third kappa shape index (κ3) is 3.00. The zero-order valence-electron chi connectivity index (χ0n) is 12.6. The fourth-order valence-electron chi connectivity index (χ4n) is 2.61. The van der Waals surface area contributed by atoms with Crippen molar-refractivity contribution in [1.29, 1.82) is 0 Å². The van der Waals surface area contributed by atoms with Crippen molar-refractivity contribution in [2.24, 2.45) is 5.92 Å². The van der Waals surface area contributed by atoms with Crippen molar-refractivity contribution in [2.75, 3.05) is 13.1 Å². The molecule has 3 fully saturated rings. The van der Waals surface area contributed by atoms with Crippen molar-refractivity contribution in [3.63, 3.8) is 0 Å². The van der Waals surface area contributed by atoms with E-state index in [1.54, 1.807) is 4.90 Å². The number of ether oxygens (including phenoxy) is 1. The quantitative estimate of drug-likeness (QED) is 0.777. The van der Waals surface area contributed by atoms with E-state index in [1.807, 2.05) is 6.92 Å². The van der Waals surface area contributed by atoms with Gasteiger partial charge in [-0.15, -0.1) is 0 Å². The van der Waals surface area contributed by atoms with Crippen LogP contribution in [0.1, 0.15) is 56.3 Å². The van der Waals surface area contributed by atoms with Crippen LogP contribution in [0.3, 0.4) is 0 Å². The van der Waals surface area contributed by atoms with Crippen molar-refractivity contribution >= 4 is 5.91 Å². The molecule has 2 heterocycles. The van der Waals surface area contributed by atoms with E-state index in [1.165, 1.54) is 0 Å². The molecule has 1 saturated heterocycles. The molecule has 2 atom stereocenters. The Balaban J connectivity index is 1.45. The topological polar surface area (TPSA) is 68.5 Å². The molecule has 0 unspecified atom stereocenters. The average molecular weight is 301 g/mol. The average Bonchev–Trinajstić information content (AvgIpc) is 3.44. The van der Waals surface area contributed by atoms with Crippen LogP contribution in [0.25, 0.3) is 0 Å². The first-order chi connectivity index (χ1) is 10.7. The second-order valence-electron chi connectivity index (χ2n) is 6.45. The van der Waals surface area contributed by atoms with E-state index < -0.39 is 0 Å². The molecule has 1 aromatic rings. The van der Waals surface area contributed by atoms with Crippen molar-refractivity contribution in [1.82, 2.24) is 15.0 Å². The summed E-state index contributed by atoms with van der Waals surface area (Å²) in [5.74, 6) is 7.75. The number of rotatable bonds is 2. The van der Waals surface area contributed by atoms with Gasteiger partial charge in [-0.1, -0.05) is 11.1 Å².